The van der Waals surface area contributed by atoms with Crippen LogP contribution >= 0.6 is 0 Å². The van der Waals surface area contributed by atoms with Gasteiger partial charge >= 0.3 is 0 Å². The zero-order chi connectivity index (χ0) is 15.5. The molecule has 2 N–H and O–H groups in total. The molecule has 0 heterocycles. The lowest BCUT2D eigenvalue weighted by molar-refractivity contribution is -0.0321. The Kier molecular flexibility index (Phi) is 5.28. The number of rotatable bonds is 5. The van der Waals surface area contributed by atoms with E-state index in [2.05, 4.69) is 26.8 Å². The third-order valence-corrected chi connectivity index (χ3v) is 4.40. The number of hydrogen-bond donors (Lipinski definition) is 1. The minimum atomic E-state index is 0.343. The van der Waals surface area contributed by atoms with Crippen LogP contribution in [0.25, 0.3) is 0 Å². The van der Waals surface area contributed by atoms with Crippen molar-refractivity contribution < 1.29 is 9.47 Å². The number of nitrogens with two attached hydrogens (primary N) is 1. The highest BCUT2D eigenvalue weighted by atomic mass is 16.5. The van der Waals surface area contributed by atoms with Gasteiger partial charge in [0.05, 0.1) is 19.8 Å². The molecule has 1 aliphatic carbocycles. The monoisotopic (exact) mass is 291 g/mol. The first-order valence-electron chi connectivity index (χ1n) is 7.91. The van der Waals surface area contributed by atoms with Crippen LogP contribution in [0, 0.1) is 11.3 Å². The molecule has 1 saturated carbocycles. The van der Waals surface area contributed by atoms with Crippen LogP contribution in [0.15, 0.2) is 18.2 Å². The minimum Gasteiger partial charge on any atom is -0.496 e. The van der Waals surface area contributed by atoms with Gasteiger partial charge in [0.2, 0.25) is 0 Å². The van der Waals surface area contributed by atoms with Crippen LogP contribution in [-0.4, -0.2) is 13.2 Å². The van der Waals surface area contributed by atoms with Crippen molar-refractivity contribution in [3.05, 3.63) is 29.3 Å². The van der Waals surface area contributed by atoms with Gasteiger partial charge in [0, 0.05) is 12.1 Å². The van der Waals surface area contributed by atoms with Crippen molar-refractivity contribution in [1.29, 1.82) is 0 Å². The van der Waals surface area contributed by atoms with Gasteiger partial charge in [0.25, 0.3) is 0 Å². The fraction of sp³-hybridized carbons (Fsp3) is 0.667. The van der Waals surface area contributed by atoms with Crippen LogP contribution < -0.4 is 10.5 Å². The first-order chi connectivity index (χ1) is 9.93. The average Bonchev–Trinajstić information content (AvgIpc) is 2.42. The molecule has 21 heavy (non-hydrogen) atoms. The lowest BCUT2D eigenvalue weighted by Gasteiger charge is -2.38. The maximum absolute atomic E-state index is 6.20. The van der Waals surface area contributed by atoms with Gasteiger partial charge in [-0.25, -0.2) is 0 Å². The van der Waals surface area contributed by atoms with Crippen LogP contribution in [0.2, 0.25) is 0 Å². The van der Waals surface area contributed by atoms with Gasteiger partial charge in [0.1, 0.15) is 5.75 Å². The first-order valence-corrected chi connectivity index (χ1v) is 7.91. The van der Waals surface area contributed by atoms with Crippen molar-refractivity contribution in [2.45, 2.75) is 59.3 Å². The molecule has 1 aromatic rings. The molecular weight excluding hydrogens is 262 g/mol. The predicted molar refractivity (Wildman–Crippen MR) is 86.3 cm³/mol. The van der Waals surface area contributed by atoms with Gasteiger partial charge in [0.15, 0.2) is 0 Å². The molecule has 2 rings (SSSR count). The first kappa shape index (κ1) is 16.3. The van der Waals surface area contributed by atoms with Crippen LogP contribution in [0.3, 0.4) is 0 Å². The molecule has 0 amide bonds. The molecule has 3 heteroatoms. The van der Waals surface area contributed by atoms with Crippen molar-refractivity contribution >= 4 is 0 Å². The maximum atomic E-state index is 6.20. The van der Waals surface area contributed by atoms with E-state index in [1.807, 2.05) is 12.1 Å². The molecule has 1 aromatic carbocycles. The van der Waals surface area contributed by atoms with Crippen molar-refractivity contribution in [2.24, 2.45) is 17.1 Å². The molecule has 0 radical (unpaired) electrons. The van der Waals surface area contributed by atoms with E-state index in [-0.39, 0.29) is 0 Å². The average molecular weight is 291 g/mol. The van der Waals surface area contributed by atoms with E-state index < -0.39 is 0 Å². The highest BCUT2D eigenvalue weighted by molar-refractivity contribution is 5.36. The van der Waals surface area contributed by atoms with Crippen molar-refractivity contribution in [3.8, 4) is 5.75 Å². The molecule has 118 valence electrons. The van der Waals surface area contributed by atoms with E-state index in [0.717, 1.165) is 35.6 Å². The quantitative estimate of drug-likeness (QED) is 0.895. The van der Waals surface area contributed by atoms with Gasteiger partial charge in [-0.2, -0.15) is 0 Å². The molecular formula is C18H29NO2. The highest BCUT2D eigenvalue weighted by Crippen LogP contribution is 2.40. The van der Waals surface area contributed by atoms with Crippen molar-refractivity contribution in [2.75, 3.05) is 7.11 Å². The Labute approximate surface area is 128 Å². The van der Waals surface area contributed by atoms with Crippen LogP contribution in [0.4, 0.5) is 0 Å². The van der Waals surface area contributed by atoms with Gasteiger partial charge in [-0.05, 0) is 48.3 Å². The second-order valence-corrected chi connectivity index (χ2v) is 7.20. The van der Waals surface area contributed by atoms with Gasteiger partial charge in [-0.15, -0.1) is 0 Å². The molecule has 0 spiro atoms. The molecule has 1 fully saturated rings. The largest absolute Gasteiger partial charge is 0.496 e. The summed E-state index contributed by atoms with van der Waals surface area (Å²) in [6, 6.07) is 6.08. The summed E-state index contributed by atoms with van der Waals surface area (Å²) in [5.74, 6) is 1.62. The summed E-state index contributed by atoms with van der Waals surface area (Å²) in [4.78, 5) is 0. The summed E-state index contributed by atoms with van der Waals surface area (Å²) >= 11 is 0. The third-order valence-electron chi connectivity index (χ3n) is 4.40. The normalized spacial score (nSPS) is 24.8. The predicted octanol–water partition coefficient (Wildman–Crippen LogP) is 3.89. The fourth-order valence-corrected chi connectivity index (χ4v) is 3.66. The lowest BCUT2D eigenvalue weighted by Crippen LogP contribution is -2.32. The standard InChI is InChI=1S/C18H29NO2/c1-13-7-16(10-18(2,3)9-13)21-12-15-8-14(11-19)5-6-17(15)20-4/h5-6,8,13,16H,7,9-12,19H2,1-4H3. The molecule has 0 saturated heterocycles. The van der Waals surface area contributed by atoms with Crippen LogP contribution in [0.5, 0.6) is 5.75 Å². The Balaban J connectivity index is 2.02. The zero-order valence-electron chi connectivity index (χ0n) is 13.8. The molecule has 1 aliphatic rings. The molecule has 0 bridgehead atoms. The fourth-order valence-electron chi connectivity index (χ4n) is 3.66. The van der Waals surface area contributed by atoms with E-state index >= 15 is 0 Å². The number of methoxy groups -OCH3 is 1. The maximum Gasteiger partial charge on any atom is 0.124 e. The molecule has 0 aliphatic heterocycles. The third kappa shape index (κ3) is 4.45. The second kappa shape index (κ2) is 6.80. The van der Waals surface area contributed by atoms with Gasteiger partial charge in [-0.3, -0.25) is 0 Å². The number of hydrogen-bond acceptors (Lipinski definition) is 3. The van der Waals surface area contributed by atoms with Crippen molar-refractivity contribution in [3.63, 3.8) is 0 Å². The molecule has 0 aromatic heterocycles. The summed E-state index contributed by atoms with van der Waals surface area (Å²) in [5.41, 5.74) is 8.31. The second-order valence-electron chi connectivity index (χ2n) is 7.20. The molecule has 2 atom stereocenters. The Hall–Kier alpha value is -1.06. The van der Waals surface area contributed by atoms with Crippen LogP contribution in [-0.2, 0) is 17.9 Å². The minimum absolute atomic E-state index is 0.343. The Morgan fingerprint density at radius 2 is 2.05 bits per heavy atom. The van der Waals surface area contributed by atoms with Gasteiger partial charge < -0.3 is 15.2 Å². The summed E-state index contributed by atoms with van der Waals surface area (Å²) in [5, 5.41) is 0. The van der Waals surface area contributed by atoms with E-state index in [1.54, 1.807) is 7.11 Å². The van der Waals surface area contributed by atoms with Crippen LogP contribution in [0.1, 0.15) is 51.2 Å². The van der Waals surface area contributed by atoms with E-state index in [0.29, 0.717) is 24.7 Å². The smallest absolute Gasteiger partial charge is 0.124 e. The molecule has 2 unspecified atom stereocenters. The van der Waals surface area contributed by atoms with E-state index in [1.165, 1.54) is 6.42 Å². The SMILES string of the molecule is COc1ccc(CN)cc1COC1CC(C)CC(C)(C)C1. The Morgan fingerprint density at radius 3 is 2.67 bits per heavy atom. The summed E-state index contributed by atoms with van der Waals surface area (Å²) in [6.45, 7) is 8.16. The van der Waals surface area contributed by atoms with E-state index in [4.69, 9.17) is 15.2 Å². The lowest BCUT2D eigenvalue weighted by atomic mass is 9.71. The summed E-state index contributed by atoms with van der Waals surface area (Å²) in [6.07, 6.45) is 3.92. The number of ether oxygens (including phenoxy) is 2. The topological polar surface area (TPSA) is 44.5 Å². The Morgan fingerprint density at radius 1 is 1.29 bits per heavy atom. The zero-order valence-corrected chi connectivity index (χ0v) is 13.8. The molecule has 3 nitrogen and oxygen atoms in total. The van der Waals surface area contributed by atoms with Gasteiger partial charge in [-0.1, -0.05) is 26.8 Å². The van der Waals surface area contributed by atoms with Crippen molar-refractivity contribution in [1.82, 2.24) is 0 Å². The number of benzene rings is 1. The Bertz CT molecular complexity index is 470. The summed E-state index contributed by atoms with van der Waals surface area (Å²) in [7, 11) is 1.70. The summed E-state index contributed by atoms with van der Waals surface area (Å²) < 4.78 is 11.6. The van der Waals surface area contributed by atoms with E-state index in [9.17, 15) is 0 Å². The highest BCUT2D eigenvalue weighted by Gasteiger charge is 2.32.